The summed E-state index contributed by atoms with van der Waals surface area (Å²) in [7, 11) is 5.78. The lowest BCUT2D eigenvalue weighted by molar-refractivity contribution is -0.131. The zero-order valence-corrected chi connectivity index (χ0v) is 13.4. The molecule has 3 heterocycles. The zero-order valence-electron chi connectivity index (χ0n) is 13.4. The van der Waals surface area contributed by atoms with Gasteiger partial charge in [0.2, 0.25) is 5.91 Å². The van der Waals surface area contributed by atoms with E-state index in [0.29, 0.717) is 18.8 Å². The Morgan fingerprint density at radius 3 is 2.73 bits per heavy atom. The molecule has 2 saturated heterocycles. The van der Waals surface area contributed by atoms with Crippen molar-refractivity contribution in [3.63, 3.8) is 0 Å². The van der Waals surface area contributed by atoms with Crippen molar-refractivity contribution in [2.24, 2.45) is 18.9 Å². The third kappa shape index (κ3) is 2.61. The number of likely N-dealkylation sites (N-methyl/N-ethyl adjacent to an activating group) is 1. The Labute approximate surface area is 130 Å². The molecular weight excluding hydrogens is 282 g/mol. The van der Waals surface area contributed by atoms with Crippen LogP contribution in [0.15, 0.2) is 12.3 Å². The van der Waals surface area contributed by atoms with Gasteiger partial charge in [0.25, 0.3) is 5.91 Å². The van der Waals surface area contributed by atoms with Gasteiger partial charge in [-0.3, -0.25) is 14.3 Å². The van der Waals surface area contributed by atoms with E-state index in [0.717, 1.165) is 19.6 Å². The molecule has 2 fully saturated rings. The van der Waals surface area contributed by atoms with Crippen molar-refractivity contribution in [2.75, 3.05) is 46.8 Å². The van der Waals surface area contributed by atoms with Crippen molar-refractivity contribution < 1.29 is 9.59 Å². The van der Waals surface area contributed by atoms with E-state index in [4.69, 9.17) is 0 Å². The van der Waals surface area contributed by atoms with Crippen molar-refractivity contribution in [2.45, 2.75) is 0 Å². The Morgan fingerprint density at radius 2 is 2.14 bits per heavy atom. The van der Waals surface area contributed by atoms with Gasteiger partial charge in [0.1, 0.15) is 5.69 Å². The Kier molecular flexibility index (Phi) is 3.90. The van der Waals surface area contributed by atoms with Crippen molar-refractivity contribution >= 4 is 11.8 Å². The molecular formula is C15H23N5O2. The number of amides is 2. The largest absolute Gasteiger partial charge is 0.341 e. The van der Waals surface area contributed by atoms with Crippen molar-refractivity contribution in [3.05, 3.63) is 18.0 Å². The van der Waals surface area contributed by atoms with Crippen LogP contribution in [-0.4, -0.2) is 83.1 Å². The predicted octanol–water partition coefficient (Wildman–Crippen LogP) is -0.488. The molecule has 0 aromatic carbocycles. The van der Waals surface area contributed by atoms with Crippen LogP contribution in [0, 0.1) is 11.8 Å². The van der Waals surface area contributed by atoms with Crippen molar-refractivity contribution in [1.82, 2.24) is 24.5 Å². The van der Waals surface area contributed by atoms with Gasteiger partial charge in [0.15, 0.2) is 0 Å². The van der Waals surface area contributed by atoms with Gasteiger partial charge >= 0.3 is 0 Å². The number of nitrogens with zero attached hydrogens (tertiary/aromatic N) is 5. The number of carbonyl (C=O) groups is 2. The van der Waals surface area contributed by atoms with Gasteiger partial charge < -0.3 is 14.7 Å². The lowest BCUT2D eigenvalue weighted by Gasteiger charge is -2.23. The highest BCUT2D eigenvalue weighted by Gasteiger charge is 2.47. The summed E-state index contributed by atoms with van der Waals surface area (Å²) in [4.78, 5) is 30.8. The molecule has 2 aliphatic heterocycles. The molecule has 0 radical (unpaired) electrons. The van der Waals surface area contributed by atoms with Crippen LogP contribution in [-0.2, 0) is 11.8 Å². The molecule has 22 heavy (non-hydrogen) atoms. The molecule has 1 aromatic heterocycles. The van der Waals surface area contributed by atoms with Gasteiger partial charge in [-0.15, -0.1) is 0 Å². The summed E-state index contributed by atoms with van der Waals surface area (Å²) in [6.07, 6.45) is 1.62. The second-order valence-corrected chi connectivity index (χ2v) is 6.50. The standard InChI is InChI=1S/C15H23N5O2/c1-17(2)6-7-19-8-11-9-20(10-12(11)14(19)21)15(22)13-4-5-16-18(13)3/h4-5,11-12H,6-10H2,1-3H3/t11-,12+/m1/s1. The normalized spacial score (nSPS) is 24.5. The number of fused-ring (bicyclic) bond motifs is 1. The second-order valence-electron chi connectivity index (χ2n) is 6.50. The summed E-state index contributed by atoms with van der Waals surface area (Å²) in [6.45, 7) is 3.62. The number of aromatic nitrogens is 2. The highest BCUT2D eigenvalue weighted by Crippen LogP contribution is 2.32. The number of carbonyl (C=O) groups excluding carboxylic acids is 2. The highest BCUT2D eigenvalue weighted by atomic mass is 16.2. The van der Waals surface area contributed by atoms with Crippen LogP contribution < -0.4 is 0 Å². The Balaban J connectivity index is 1.62. The number of likely N-dealkylation sites (tertiary alicyclic amines) is 2. The number of hydrogen-bond donors (Lipinski definition) is 0. The molecule has 0 bridgehead atoms. The molecule has 0 saturated carbocycles. The SMILES string of the molecule is CN(C)CCN1C[C@@H]2CN(C(=O)c3ccnn3C)C[C@@H]2C1=O. The van der Waals surface area contributed by atoms with Gasteiger partial charge in [-0.25, -0.2) is 0 Å². The van der Waals surface area contributed by atoms with Gasteiger partial charge in [-0.2, -0.15) is 5.10 Å². The predicted molar refractivity (Wildman–Crippen MR) is 81.2 cm³/mol. The van der Waals surface area contributed by atoms with E-state index in [1.165, 1.54) is 0 Å². The highest BCUT2D eigenvalue weighted by molar-refractivity contribution is 5.93. The molecule has 3 rings (SSSR count). The first-order chi connectivity index (χ1) is 10.5. The molecule has 2 atom stereocenters. The van der Waals surface area contributed by atoms with E-state index in [-0.39, 0.29) is 23.7 Å². The van der Waals surface area contributed by atoms with E-state index >= 15 is 0 Å². The minimum atomic E-state index is -0.0284. The summed E-state index contributed by atoms with van der Waals surface area (Å²) in [5, 5.41) is 4.04. The van der Waals surface area contributed by atoms with Gasteiger partial charge in [-0.1, -0.05) is 0 Å². The van der Waals surface area contributed by atoms with Gasteiger partial charge in [0.05, 0.1) is 5.92 Å². The quantitative estimate of drug-likeness (QED) is 0.753. The first kappa shape index (κ1) is 15.0. The first-order valence-electron chi connectivity index (χ1n) is 7.68. The number of rotatable bonds is 4. The van der Waals surface area contributed by atoms with Crippen LogP contribution in [0.25, 0.3) is 0 Å². The minimum Gasteiger partial charge on any atom is -0.341 e. The summed E-state index contributed by atoms with van der Waals surface area (Å²) in [5.74, 6) is 0.417. The first-order valence-corrected chi connectivity index (χ1v) is 7.68. The van der Waals surface area contributed by atoms with Crippen LogP contribution >= 0.6 is 0 Å². The fourth-order valence-corrected chi connectivity index (χ4v) is 3.38. The van der Waals surface area contributed by atoms with E-state index in [2.05, 4.69) is 10.00 Å². The molecule has 7 nitrogen and oxygen atoms in total. The maximum atomic E-state index is 12.5. The fourth-order valence-electron chi connectivity index (χ4n) is 3.38. The number of aryl methyl sites for hydroxylation is 1. The van der Waals surface area contributed by atoms with Gasteiger partial charge in [-0.05, 0) is 20.2 Å². The molecule has 0 N–H and O–H groups in total. The van der Waals surface area contributed by atoms with Crippen LogP contribution in [0.4, 0.5) is 0 Å². The molecule has 0 aliphatic carbocycles. The van der Waals surface area contributed by atoms with E-state index < -0.39 is 0 Å². The van der Waals surface area contributed by atoms with Crippen LogP contribution in [0.1, 0.15) is 10.5 Å². The fraction of sp³-hybridized carbons (Fsp3) is 0.667. The lowest BCUT2D eigenvalue weighted by Crippen LogP contribution is -2.38. The van der Waals surface area contributed by atoms with E-state index in [9.17, 15) is 9.59 Å². The average molecular weight is 305 g/mol. The van der Waals surface area contributed by atoms with Crippen molar-refractivity contribution in [3.8, 4) is 0 Å². The van der Waals surface area contributed by atoms with Crippen molar-refractivity contribution in [1.29, 1.82) is 0 Å². The summed E-state index contributed by atoms with van der Waals surface area (Å²) >= 11 is 0. The average Bonchev–Trinajstić information content (AvgIpc) is 3.13. The molecule has 1 aromatic rings. The van der Waals surface area contributed by atoms with E-state index in [1.54, 1.807) is 28.9 Å². The Hall–Kier alpha value is -1.89. The molecule has 2 amide bonds. The molecule has 0 unspecified atom stereocenters. The Morgan fingerprint density at radius 1 is 1.36 bits per heavy atom. The minimum absolute atomic E-state index is 0.0259. The smallest absolute Gasteiger partial charge is 0.272 e. The molecule has 7 heteroatoms. The Bertz CT molecular complexity index is 582. The topological polar surface area (TPSA) is 61.7 Å². The number of hydrogen-bond acceptors (Lipinski definition) is 4. The maximum Gasteiger partial charge on any atom is 0.272 e. The molecule has 2 aliphatic rings. The summed E-state index contributed by atoms with van der Waals surface area (Å²) < 4.78 is 1.58. The van der Waals surface area contributed by atoms with Crippen LogP contribution in [0.5, 0.6) is 0 Å². The van der Waals surface area contributed by atoms with E-state index in [1.807, 2.05) is 19.0 Å². The summed E-state index contributed by atoms with van der Waals surface area (Å²) in [5.41, 5.74) is 0.580. The zero-order chi connectivity index (χ0) is 15.9. The monoisotopic (exact) mass is 305 g/mol. The molecule has 0 spiro atoms. The van der Waals surface area contributed by atoms with Gasteiger partial charge in [0, 0.05) is 51.9 Å². The third-order valence-corrected chi connectivity index (χ3v) is 4.67. The maximum absolute atomic E-state index is 12.5. The lowest BCUT2D eigenvalue weighted by atomic mass is 10.0. The van der Waals surface area contributed by atoms with Crippen LogP contribution in [0.3, 0.4) is 0 Å². The second kappa shape index (κ2) is 5.72. The van der Waals surface area contributed by atoms with Crippen LogP contribution in [0.2, 0.25) is 0 Å². The third-order valence-electron chi connectivity index (χ3n) is 4.67. The summed E-state index contributed by atoms with van der Waals surface area (Å²) in [6, 6.07) is 1.72. The molecule has 120 valence electrons.